The summed E-state index contributed by atoms with van der Waals surface area (Å²) in [6.45, 7) is 2.66. The van der Waals surface area contributed by atoms with Gasteiger partial charge in [0.2, 0.25) is 0 Å². The van der Waals surface area contributed by atoms with Crippen molar-refractivity contribution in [3.05, 3.63) is 29.1 Å². The molecule has 84 valence electrons. The molecule has 0 aromatic heterocycles. The number of halogens is 2. The molecule has 1 aromatic carbocycles. The predicted molar refractivity (Wildman–Crippen MR) is 60.0 cm³/mol. The number of rotatable bonds is 1. The normalized spacial score (nSPS) is 20.0. The topological polar surface area (TPSA) is 32.3 Å². The van der Waals surface area contributed by atoms with E-state index in [4.69, 9.17) is 0 Å². The summed E-state index contributed by atoms with van der Waals surface area (Å²) >= 11 is 0. The van der Waals surface area contributed by atoms with Crippen molar-refractivity contribution >= 4 is 12.4 Å². The van der Waals surface area contributed by atoms with Crippen LogP contribution in [0.25, 0.3) is 0 Å². The zero-order chi connectivity index (χ0) is 10.1. The second-order valence-corrected chi connectivity index (χ2v) is 3.81. The fraction of sp³-hybridized carbons (Fsp3) is 0.455. The Labute approximate surface area is 94.9 Å². The van der Waals surface area contributed by atoms with E-state index in [0.29, 0.717) is 11.1 Å². The molecular formula is C11H15ClFNO. The van der Waals surface area contributed by atoms with Gasteiger partial charge < -0.3 is 10.4 Å². The number of aromatic hydroxyl groups is 1. The number of aryl methyl sites for hydroxylation is 1. The van der Waals surface area contributed by atoms with Crippen LogP contribution in [0.1, 0.15) is 30.0 Å². The Bertz CT molecular complexity index is 351. The largest absolute Gasteiger partial charge is 0.507 e. The third kappa shape index (κ3) is 2.41. The van der Waals surface area contributed by atoms with Gasteiger partial charge in [0.1, 0.15) is 11.6 Å². The molecule has 2 rings (SSSR count). The molecule has 0 bridgehead atoms. The summed E-state index contributed by atoms with van der Waals surface area (Å²) in [4.78, 5) is 0. The Morgan fingerprint density at radius 3 is 2.80 bits per heavy atom. The molecular weight excluding hydrogens is 217 g/mol. The van der Waals surface area contributed by atoms with Gasteiger partial charge in [-0.3, -0.25) is 0 Å². The molecule has 2 N–H and O–H groups in total. The first-order chi connectivity index (χ1) is 6.68. The summed E-state index contributed by atoms with van der Waals surface area (Å²) < 4.78 is 13.1. The molecule has 0 radical (unpaired) electrons. The van der Waals surface area contributed by atoms with Crippen LogP contribution in [-0.2, 0) is 0 Å². The first kappa shape index (κ1) is 12.3. The van der Waals surface area contributed by atoms with Crippen molar-refractivity contribution in [3.8, 4) is 5.75 Å². The van der Waals surface area contributed by atoms with Gasteiger partial charge in [-0.25, -0.2) is 4.39 Å². The van der Waals surface area contributed by atoms with Crippen molar-refractivity contribution in [1.82, 2.24) is 5.32 Å². The number of phenols is 1. The highest BCUT2D eigenvalue weighted by Gasteiger charge is 2.20. The number of hydrogen-bond acceptors (Lipinski definition) is 2. The molecule has 0 amide bonds. The van der Waals surface area contributed by atoms with E-state index in [2.05, 4.69) is 5.32 Å². The van der Waals surface area contributed by atoms with Crippen LogP contribution < -0.4 is 5.32 Å². The van der Waals surface area contributed by atoms with Crippen LogP contribution in [-0.4, -0.2) is 11.7 Å². The Balaban J connectivity index is 0.00000112. The number of hydrogen-bond donors (Lipinski definition) is 2. The minimum Gasteiger partial charge on any atom is -0.507 e. The number of phenolic OH excluding ortho intramolecular Hbond substituents is 1. The summed E-state index contributed by atoms with van der Waals surface area (Å²) in [5.74, 6) is -0.0465. The standard InChI is InChI=1S/C11H14FNO.ClH/c1-7-5-8(12)6-9(11(7)14)10-3-2-4-13-10;/h5-6,10,13-14H,2-4H2,1H3;1H/t10-;/m1./s1. The van der Waals surface area contributed by atoms with E-state index in [0.717, 1.165) is 19.4 Å². The smallest absolute Gasteiger partial charge is 0.124 e. The quantitative estimate of drug-likeness (QED) is 0.779. The molecule has 1 heterocycles. The van der Waals surface area contributed by atoms with E-state index in [9.17, 15) is 9.50 Å². The maximum atomic E-state index is 13.1. The lowest BCUT2D eigenvalue weighted by Gasteiger charge is -2.14. The zero-order valence-corrected chi connectivity index (χ0v) is 9.40. The van der Waals surface area contributed by atoms with E-state index in [1.54, 1.807) is 6.92 Å². The molecule has 0 saturated carbocycles. The summed E-state index contributed by atoms with van der Waals surface area (Å²) in [5, 5.41) is 13.0. The lowest BCUT2D eigenvalue weighted by Crippen LogP contribution is -2.13. The van der Waals surface area contributed by atoms with Crippen molar-refractivity contribution in [3.63, 3.8) is 0 Å². The molecule has 4 heteroatoms. The van der Waals surface area contributed by atoms with Crippen LogP contribution in [0.5, 0.6) is 5.75 Å². The Hall–Kier alpha value is -0.800. The van der Waals surface area contributed by atoms with Gasteiger partial charge in [-0.1, -0.05) is 0 Å². The van der Waals surface area contributed by atoms with E-state index >= 15 is 0 Å². The maximum Gasteiger partial charge on any atom is 0.124 e. The molecule has 0 aliphatic carbocycles. The first-order valence-electron chi connectivity index (χ1n) is 4.91. The summed E-state index contributed by atoms with van der Waals surface area (Å²) in [7, 11) is 0. The molecule has 1 saturated heterocycles. The molecule has 15 heavy (non-hydrogen) atoms. The summed E-state index contributed by atoms with van der Waals surface area (Å²) in [6.07, 6.45) is 2.05. The number of benzene rings is 1. The van der Waals surface area contributed by atoms with Crippen LogP contribution in [0.15, 0.2) is 12.1 Å². The lowest BCUT2D eigenvalue weighted by molar-refractivity contribution is 0.449. The van der Waals surface area contributed by atoms with Crippen molar-refractivity contribution in [2.24, 2.45) is 0 Å². The van der Waals surface area contributed by atoms with E-state index in [-0.39, 0.29) is 30.0 Å². The van der Waals surface area contributed by atoms with Crippen LogP contribution >= 0.6 is 12.4 Å². The SMILES string of the molecule is Cc1cc(F)cc([C@H]2CCCN2)c1O.Cl. The maximum absolute atomic E-state index is 13.1. The van der Waals surface area contributed by atoms with Crippen LogP contribution in [0.3, 0.4) is 0 Å². The molecule has 0 unspecified atom stereocenters. The second-order valence-electron chi connectivity index (χ2n) is 3.81. The predicted octanol–water partition coefficient (Wildman–Crippen LogP) is 2.69. The average molecular weight is 232 g/mol. The van der Waals surface area contributed by atoms with Gasteiger partial charge in [0, 0.05) is 11.6 Å². The average Bonchev–Trinajstić information content (AvgIpc) is 2.63. The molecule has 1 aromatic rings. The van der Waals surface area contributed by atoms with Crippen molar-refractivity contribution in [1.29, 1.82) is 0 Å². The van der Waals surface area contributed by atoms with E-state index < -0.39 is 0 Å². The third-order valence-corrected chi connectivity index (χ3v) is 2.73. The molecule has 1 fully saturated rings. The van der Waals surface area contributed by atoms with Gasteiger partial charge in [0.15, 0.2) is 0 Å². The van der Waals surface area contributed by atoms with E-state index in [1.165, 1.54) is 12.1 Å². The summed E-state index contributed by atoms with van der Waals surface area (Å²) in [6, 6.07) is 2.89. The first-order valence-corrected chi connectivity index (χ1v) is 4.91. The Morgan fingerprint density at radius 1 is 1.47 bits per heavy atom. The fourth-order valence-corrected chi connectivity index (χ4v) is 1.98. The molecule has 1 aliphatic rings. The second kappa shape index (κ2) is 4.81. The Kier molecular flexibility index (Phi) is 3.94. The van der Waals surface area contributed by atoms with E-state index in [1.807, 2.05) is 0 Å². The van der Waals surface area contributed by atoms with Crippen molar-refractivity contribution < 1.29 is 9.50 Å². The number of nitrogens with one attached hydrogen (secondary N) is 1. The van der Waals surface area contributed by atoms with Crippen molar-refractivity contribution in [2.75, 3.05) is 6.54 Å². The third-order valence-electron chi connectivity index (χ3n) is 2.73. The molecule has 0 spiro atoms. The Morgan fingerprint density at radius 2 is 2.20 bits per heavy atom. The minimum atomic E-state index is -0.274. The molecule has 2 nitrogen and oxygen atoms in total. The molecule has 1 aliphatic heterocycles. The monoisotopic (exact) mass is 231 g/mol. The van der Waals surface area contributed by atoms with Gasteiger partial charge in [0.25, 0.3) is 0 Å². The van der Waals surface area contributed by atoms with Gasteiger partial charge in [-0.2, -0.15) is 0 Å². The van der Waals surface area contributed by atoms with Crippen LogP contribution in [0.4, 0.5) is 4.39 Å². The van der Waals surface area contributed by atoms with Crippen LogP contribution in [0.2, 0.25) is 0 Å². The van der Waals surface area contributed by atoms with Gasteiger partial charge in [0.05, 0.1) is 0 Å². The highest BCUT2D eigenvalue weighted by molar-refractivity contribution is 5.85. The lowest BCUT2D eigenvalue weighted by atomic mass is 10.0. The highest BCUT2D eigenvalue weighted by atomic mass is 35.5. The van der Waals surface area contributed by atoms with Gasteiger partial charge in [-0.05, 0) is 44.0 Å². The fourth-order valence-electron chi connectivity index (χ4n) is 1.98. The summed E-state index contributed by atoms with van der Waals surface area (Å²) in [5.41, 5.74) is 1.30. The zero-order valence-electron chi connectivity index (χ0n) is 8.59. The van der Waals surface area contributed by atoms with Crippen LogP contribution in [0, 0.1) is 12.7 Å². The minimum absolute atomic E-state index is 0. The van der Waals surface area contributed by atoms with Gasteiger partial charge >= 0.3 is 0 Å². The van der Waals surface area contributed by atoms with Crippen molar-refractivity contribution in [2.45, 2.75) is 25.8 Å². The molecule has 1 atom stereocenters. The highest BCUT2D eigenvalue weighted by Crippen LogP contribution is 2.32. The van der Waals surface area contributed by atoms with Gasteiger partial charge in [-0.15, -0.1) is 12.4 Å².